The van der Waals surface area contributed by atoms with Crippen LogP contribution in [0.1, 0.15) is 0 Å². The molecule has 0 aliphatic carbocycles. The Bertz CT molecular complexity index is 239. The lowest BCUT2D eigenvalue weighted by Gasteiger charge is -2.04. The lowest BCUT2D eigenvalue weighted by molar-refractivity contribution is -0.0424. The molecular formula is C3H2BrF3O2S. The quantitative estimate of drug-likeness (QED) is 0.698. The average Bonchev–Trinajstić information content (AvgIpc) is 1.62. The summed E-state index contributed by atoms with van der Waals surface area (Å²) >= 11 is 2.13. The van der Waals surface area contributed by atoms with Gasteiger partial charge in [-0.15, -0.1) is 0 Å². The van der Waals surface area contributed by atoms with Crippen molar-refractivity contribution in [1.29, 1.82) is 0 Å². The number of rotatable bonds is 1. The number of halogens is 4. The Morgan fingerprint density at radius 1 is 1.40 bits per heavy atom. The molecular weight excluding hydrogens is 237 g/mol. The Balaban J connectivity index is 4.98. The first-order chi connectivity index (χ1) is 4.19. The second-order valence-electron chi connectivity index (χ2n) is 1.30. The molecule has 0 saturated carbocycles. The van der Waals surface area contributed by atoms with Crippen LogP contribution in [-0.4, -0.2) is 13.9 Å². The molecule has 7 heteroatoms. The van der Waals surface area contributed by atoms with Crippen LogP contribution in [-0.2, 0) is 9.84 Å². The topological polar surface area (TPSA) is 34.1 Å². The van der Waals surface area contributed by atoms with Gasteiger partial charge in [0.1, 0.15) is 3.81 Å². The molecule has 0 rings (SSSR count). The largest absolute Gasteiger partial charge is 0.502 e. The van der Waals surface area contributed by atoms with Crippen LogP contribution in [0.2, 0.25) is 0 Å². The minimum Gasteiger partial charge on any atom is -0.214 e. The van der Waals surface area contributed by atoms with Crippen molar-refractivity contribution in [1.82, 2.24) is 0 Å². The summed E-state index contributed by atoms with van der Waals surface area (Å²) in [5.41, 5.74) is -5.26. The van der Waals surface area contributed by atoms with Gasteiger partial charge in [0.2, 0.25) is 0 Å². The van der Waals surface area contributed by atoms with Gasteiger partial charge in [0.25, 0.3) is 9.84 Å². The monoisotopic (exact) mass is 238 g/mol. The minimum atomic E-state index is -5.26. The van der Waals surface area contributed by atoms with Gasteiger partial charge in [-0.2, -0.15) is 13.2 Å². The van der Waals surface area contributed by atoms with Crippen molar-refractivity contribution in [3.05, 3.63) is 10.4 Å². The van der Waals surface area contributed by atoms with Crippen LogP contribution in [0.4, 0.5) is 13.2 Å². The fourth-order valence-corrected chi connectivity index (χ4v) is 0.927. The fourth-order valence-electron chi connectivity index (χ4n) is 0.126. The summed E-state index contributed by atoms with van der Waals surface area (Å²) in [5.74, 6) is 0. The average molecular weight is 239 g/mol. The summed E-state index contributed by atoms with van der Waals surface area (Å²) in [5, 5.41) is 0. The van der Waals surface area contributed by atoms with Gasteiger partial charge >= 0.3 is 5.51 Å². The van der Waals surface area contributed by atoms with Crippen LogP contribution in [0, 0.1) is 0 Å². The van der Waals surface area contributed by atoms with Crippen molar-refractivity contribution in [2.24, 2.45) is 0 Å². The summed E-state index contributed by atoms with van der Waals surface area (Å²) < 4.78 is 53.3. The van der Waals surface area contributed by atoms with E-state index in [-0.39, 0.29) is 0 Å². The van der Waals surface area contributed by atoms with Gasteiger partial charge in [-0.1, -0.05) is 6.58 Å². The molecule has 0 unspecified atom stereocenters. The van der Waals surface area contributed by atoms with Crippen molar-refractivity contribution in [3.63, 3.8) is 0 Å². The maximum Gasteiger partial charge on any atom is 0.502 e. The molecule has 60 valence electrons. The van der Waals surface area contributed by atoms with E-state index in [4.69, 9.17) is 0 Å². The molecule has 0 heterocycles. The van der Waals surface area contributed by atoms with E-state index in [2.05, 4.69) is 22.5 Å². The highest BCUT2D eigenvalue weighted by Crippen LogP contribution is 2.30. The molecule has 0 saturated heterocycles. The Morgan fingerprint density at radius 3 is 1.70 bits per heavy atom. The van der Waals surface area contributed by atoms with Crippen molar-refractivity contribution in [3.8, 4) is 0 Å². The Morgan fingerprint density at radius 2 is 1.70 bits per heavy atom. The minimum absolute atomic E-state index is 1.08. The summed E-state index contributed by atoms with van der Waals surface area (Å²) in [7, 11) is -5.19. The summed E-state index contributed by atoms with van der Waals surface area (Å²) in [4.78, 5) is 0. The third-order valence-corrected chi connectivity index (χ3v) is 3.07. The molecule has 0 bridgehead atoms. The van der Waals surface area contributed by atoms with Crippen LogP contribution in [0.25, 0.3) is 0 Å². The standard InChI is InChI=1S/C3H2BrF3O2S/c1-2(4)10(8,9)3(5,6)7/h1H2. The highest BCUT2D eigenvalue weighted by Gasteiger charge is 2.46. The highest BCUT2D eigenvalue weighted by atomic mass is 79.9. The molecule has 0 aliphatic heterocycles. The van der Waals surface area contributed by atoms with E-state index in [9.17, 15) is 21.6 Å². The predicted molar refractivity (Wildman–Crippen MR) is 33.0 cm³/mol. The molecule has 0 aliphatic rings. The molecule has 0 aromatic carbocycles. The zero-order valence-corrected chi connectivity index (χ0v) is 6.85. The van der Waals surface area contributed by atoms with Crippen LogP contribution >= 0.6 is 15.9 Å². The normalized spacial score (nSPS) is 13.2. The molecule has 0 spiro atoms. The van der Waals surface area contributed by atoms with Crippen LogP contribution in [0.3, 0.4) is 0 Å². The fraction of sp³-hybridized carbons (Fsp3) is 0.333. The van der Waals surface area contributed by atoms with Crippen LogP contribution < -0.4 is 0 Å². The zero-order valence-electron chi connectivity index (χ0n) is 4.44. The van der Waals surface area contributed by atoms with Gasteiger partial charge in [0.15, 0.2) is 0 Å². The Labute approximate surface area is 63.8 Å². The Kier molecular flexibility index (Phi) is 2.53. The van der Waals surface area contributed by atoms with Gasteiger partial charge in [-0.25, -0.2) is 8.42 Å². The molecule has 2 nitrogen and oxygen atoms in total. The van der Waals surface area contributed by atoms with Crippen LogP contribution in [0.5, 0.6) is 0 Å². The van der Waals surface area contributed by atoms with E-state index >= 15 is 0 Å². The van der Waals surface area contributed by atoms with E-state index in [1.807, 2.05) is 0 Å². The highest BCUT2D eigenvalue weighted by molar-refractivity contribution is 9.13. The van der Waals surface area contributed by atoms with Crippen molar-refractivity contribution >= 4 is 25.8 Å². The lowest BCUT2D eigenvalue weighted by Crippen LogP contribution is -2.22. The predicted octanol–water partition coefficient (Wildman–Crippen LogP) is 1.79. The van der Waals surface area contributed by atoms with E-state index < -0.39 is 19.2 Å². The first-order valence-corrected chi connectivity index (χ1v) is 4.13. The number of alkyl halides is 3. The third kappa shape index (κ3) is 1.72. The molecule has 0 amide bonds. The number of hydrogen-bond acceptors (Lipinski definition) is 2. The molecule has 0 aromatic heterocycles. The molecule has 0 radical (unpaired) electrons. The SMILES string of the molecule is C=C(Br)S(=O)(=O)C(F)(F)F. The van der Waals surface area contributed by atoms with Gasteiger partial charge in [-0.3, -0.25) is 0 Å². The molecule has 0 atom stereocenters. The second kappa shape index (κ2) is 2.54. The summed E-state index contributed by atoms with van der Waals surface area (Å²) in [6.07, 6.45) is 0. The zero-order chi connectivity index (χ0) is 8.58. The smallest absolute Gasteiger partial charge is 0.214 e. The van der Waals surface area contributed by atoms with Gasteiger partial charge < -0.3 is 0 Å². The second-order valence-corrected chi connectivity index (χ2v) is 4.75. The Hall–Kier alpha value is -0.0400. The molecule has 10 heavy (non-hydrogen) atoms. The van der Waals surface area contributed by atoms with Crippen molar-refractivity contribution < 1.29 is 21.6 Å². The molecule has 0 aromatic rings. The third-order valence-electron chi connectivity index (χ3n) is 0.596. The molecule has 0 fully saturated rings. The first-order valence-electron chi connectivity index (χ1n) is 1.85. The van der Waals surface area contributed by atoms with E-state index in [0.717, 1.165) is 0 Å². The van der Waals surface area contributed by atoms with Crippen LogP contribution in [0.15, 0.2) is 10.4 Å². The number of hydrogen-bond donors (Lipinski definition) is 0. The maximum absolute atomic E-state index is 11.4. The van der Waals surface area contributed by atoms with Crippen molar-refractivity contribution in [2.45, 2.75) is 5.51 Å². The summed E-state index contributed by atoms with van der Waals surface area (Å²) in [6.45, 7) is 2.60. The molecule has 0 N–H and O–H groups in total. The van der Waals surface area contributed by atoms with E-state index in [1.165, 1.54) is 0 Å². The van der Waals surface area contributed by atoms with E-state index in [0.29, 0.717) is 0 Å². The summed E-state index contributed by atoms with van der Waals surface area (Å²) in [6, 6.07) is 0. The number of sulfone groups is 1. The lowest BCUT2D eigenvalue weighted by atomic mass is 11.3. The van der Waals surface area contributed by atoms with Crippen molar-refractivity contribution in [2.75, 3.05) is 0 Å². The van der Waals surface area contributed by atoms with Gasteiger partial charge in [0.05, 0.1) is 0 Å². The van der Waals surface area contributed by atoms with E-state index in [1.54, 1.807) is 0 Å². The van der Waals surface area contributed by atoms with Gasteiger partial charge in [-0.05, 0) is 15.9 Å². The maximum atomic E-state index is 11.4. The van der Waals surface area contributed by atoms with Gasteiger partial charge in [0, 0.05) is 0 Å². The first kappa shape index (κ1) is 9.96.